The number of benzene rings is 1. The summed E-state index contributed by atoms with van der Waals surface area (Å²) in [6, 6.07) is 10.1. The van der Waals surface area contributed by atoms with Crippen LogP contribution in [0.3, 0.4) is 0 Å². The number of rotatable bonds is 1. The Morgan fingerprint density at radius 2 is 1.83 bits per heavy atom. The van der Waals surface area contributed by atoms with E-state index in [1.807, 2.05) is 18.2 Å². The standard InChI is InChI=1S/C15H18N2S/c1-10-7-5-6-8-11(10)14-16-12(15(2,3)4)9-13(18)17-14/h5-9H,1-4H3,(H,16,17,18). The number of aromatic nitrogens is 2. The van der Waals surface area contributed by atoms with Crippen molar-refractivity contribution >= 4 is 12.2 Å². The van der Waals surface area contributed by atoms with Crippen molar-refractivity contribution in [3.63, 3.8) is 0 Å². The molecule has 0 saturated heterocycles. The van der Waals surface area contributed by atoms with E-state index < -0.39 is 0 Å². The number of nitrogens with one attached hydrogen (secondary N) is 1. The Morgan fingerprint density at radius 3 is 2.44 bits per heavy atom. The molecule has 0 amide bonds. The molecule has 1 aromatic heterocycles. The van der Waals surface area contributed by atoms with Crippen molar-refractivity contribution in [2.24, 2.45) is 0 Å². The third-order valence-electron chi connectivity index (χ3n) is 2.95. The van der Waals surface area contributed by atoms with Gasteiger partial charge in [-0.05, 0) is 18.6 Å². The molecule has 0 atom stereocenters. The van der Waals surface area contributed by atoms with Crippen LogP contribution < -0.4 is 0 Å². The van der Waals surface area contributed by atoms with Crippen molar-refractivity contribution in [2.45, 2.75) is 33.1 Å². The molecule has 3 heteroatoms. The molecule has 0 unspecified atom stereocenters. The molecule has 1 N–H and O–H groups in total. The third-order valence-corrected chi connectivity index (χ3v) is 3.16. The lowest BCUT2D eigenvalue weighted by Crippen LogP contribution is -2.14. The second kappa shape index (κ2) is 4.65. The lowest BCUT2D eigenvalue weighted by molar-refractivity contribution is 0.567. The second-order valence-corrected chi connectivity index (χ2v) is 5.96. The summed E-state index contributed by atoms with van der Waals surface area (Å²) in [5, 5.41) is 0. The first kappa shape index (κ1) is 13.0. The molecule has 0 fully saturated rings. The van der Waals surface area contributed by atoms with Crippen LogP contribution in [-0.4, -0.2) is 9.97 Å². The fourth-order valence-corrected chi connectivity index (χ4v) is 2.04. The molecule has 0 aliphatic rings. The van der Waals surface area contributed by atoms with Gasteiger partial charge in [0.15, 0.2) is 0 Å². The predicted octanol–water partition coefficient (Wildman–Crippen LogP) is 4.41. The number of aryl methyl sites for hydroxylation is 1. The van der Waals surface area contributed by atoms with Gasteiger partial charge in [0, 0.05) is 16.7 Å². The third kappa shape index (κ3) is 2.67. The Bertz CT molecular complexity index is 621. The molecular weight excluding hydrogens is 240 g/mol. The number of nitrogens with zero attached hydrogens (tertiary/aromatic N) is 1. The molecule has 0 spiro atoms. The van der Waals surface area contributed by atoms with E-state index in [4.69, 9.17) is 12.2 Å². The summed E-state index contributed by atoms with van der Waals surface area (Å²) in [7, 11) is 0. The smallest absolute Gasteiger partial charge is 0.139 e. The quantitative estimate of drug-likeness (QED) is 0.767. The molecule has 2 aromatic rings. The fourth-order valence-electron chi connectivity index (χ4n) is 1.83. The van der Waals surface area contributed by atoms with Crippen LogP contribution in [0.2, 0.25) is 0 Å². The van der Waals surface area contributed by atoms with Gasteiger partial charge >= 0.3 is 0 Å². The molecule has 2 rings (SSSR count). The summed E-state index contributed by atoms with van der Waals surface area (Å²) in [5.41, 5.74) is 3.45. The van der Waals surface area contributed by atoms with Crippen LogP contribution in [0.15, 0.2) is 30.3 Å². The Kier molecular flexibility index (Phi) is 3.35. The van der Waals surface area contributed by atoms with E-state index in [0.717, 1.165) is 17.1 Å². The molecule has 94 valence electrons. The topological polar surface area (TPSA) is 28.7 Å². The minimum absolute atomic E-state index is 0.0356. The van der Waals surface area contributed by atoms with E-state index >= 15 is 0 Å². The number of aromatic amines is 1. The van der Waals surface area contributed by atoms with E-state index in [-0.39, 0.29) is 5.41 Å². The second-order valence-electron chi connectivity index (χ2n) is 5.55. The van der Waals surface area contributed by atoms with Gasteiger partial charge in [-0.1, -0.05) is 57.3 Å². The van der Waals surface area contributed by atoms with E-state index in [2.05, 4.69) is 49.8 Å². The van der Waals surface area contributed by atoms with Crippen LogP contribution in [0.5, 0.6) is 0 Å². The van der Waals surface area contributed by atoms with Crippen molar-refractivity contribution in [2.75, 3.05) is 0 Å². The zero-order chi connectivity index (χ0) is 13.3. The molecule has 1 aromatic carbocycles. The number of H-pyrrole nitrogens is 1. The van der Waals surface area contributed by atoms with Crippen molar-refractivity contribution in [3.05, 3.63) is 46.2 Å². The fraction of sp³-hybridized carbons (Fsp3) is 0.333. The Labute approximate surface area is 113 Å². The average molecular weight is 258 g/mol. The Hall–Kier alpha value is -1.48. The highest BCUT2D eigenvalue weighted by Crippen LogP contribution is 2.24. The maximum absolute atomic E-state index is 5.27. The zero-order valence-electron chi connectivity index (χ0n) is 11.2. The summed E-state index contributed by atoms with van der Waals surface area (Å²) in [6.07, 6.45) is 0. The largest absolute Gasteiger partial charge is 0.343 e. The molecule has 0 saturated carbocycles. The first-order valence-corrected chi connectivity index (χ1v) is 6.46. The van der Waals surface area contributed by atoms with Gasteiger partial charge in [-0.2, -0.15) is 0 Å². The van der Waals surface area contributed by atoms with Gasteiger partial charge in [0.1, 0.15) is 10.5 Å². The molecule has 0 aliphatic carbocycles. The van der Waals surface area contributed by atoms with Gasteiger partial charge in [0.25, 0.3) is 0 Å². The molecule has 18 heavy (non-hydrogen) atoms. The Balaban J connectivity index is 2.63. The van der Waals surface area contributed by atoms with Gasteiger partial charge in [0.2, 0.25) is 0 Å². The summed E-state index contributed by atoms with van der Waals surface area (Å²) in [5.74, 6) is 0.852. The van der Waals surface area contributed by atoms with E-state index in [9.17, 15) is 0 Å². The van der Waals surface area contributed by atoms with Crippen molar-refractivity contribution < 1.29 is 0 Å². The molecule has 0 bridgehead atoms. The maximum atomic E-state index is 5.27. The van der Waals surface area contributed by atoms with Crippen LogP contribution in [-0.2, 0) is 5.41 Å². The molecular formula is C15H18N2S. The number of hydrogen-bond donors (Lipinski definition) is 1. The normalized spacial score (nSPS) is 11.6. The van der Waals surface area contributed by atoms with Gasteiger partial charge < -0.3 is 4.98 Å². The zero-order valence-corrected chi connectivity index (χ0v) is 12.1. The highest BCUT2D eigenvalue weighted by atomic mass is 32.1. The van der Waals surface area contributed by atoms with Gasteiger partial charge in [-0.3, -0.25) is 0 Å². The highest BCUT2D eigenvalue weighted by molar-refractivity contribution is 7.71. The summed E-state index contributed by atoms with van der Waals surface area (Å²) in [6.45, 7) is 8.57. The minimum Gasteiger partial charge on any atom is -0.343 e. The summed E-state index contributed by atoms with van der Waals surface area (Å²) >= 11 is 5.27. The van der Waals surface area contributed by atoms with Crippen molar-refractivity contribution in [1.82, 2.24) is 9.97 Å². The molecule has 1 heterocycles. The Morgan fingerprint density at radius 1 is 1.17 bits per heavy atom. The van der Waals surface area contributed by atoms with Crippen LogP contribution in [0, 0.1) is 11.6 Å². The summed E-state index contributed by atoms with van der Waals surface area (Å²) in [4.78, 5) is 7.84. The molecule has 0 aliphatic heterocycles. The first-order valence-electron chi connectivity index (χ1n) is 6.06. The van der Waals surface area contributed by atoms with Crippen LogP contribution in [0.4, 0.5) is 0 Å². The van der Waals surface area contributed by atoms with Gasteiger partial charge in [0.05, 0.1) is 0 Å². The van der Waals surface area contributed by atoms with E-state index in [1.54, 1.807) is 0 Å². The van der Waals surface area contributed by atoms with Crippen molar-refractivity contribution in [3.8, 4) is 11.4 Å². The minimum atomic E-state index is 0.0356. The first-order chi connectivity index (χ1) is 8.38. The van der Waals surface area contributed by atoms with E-state index in [0.29, 0.717) is 4.64 Å². The average Bonchev–Trinajstić information content (AvgIpc) is 2.27. The van der Waals surface area contributed by atoms with Crippen LogP contribution >= 0.6 is 12.2 Å². The molecule has 2 nitrogen and oxygen atoms in total. The van der Waals surface area contributed by atoms with Crippen LogP contribution in [0.1, 0.15) is 32.0 Å². The van der Waals surface area contributed by atoms with Crippen LogP contribution in [0.25, 0.3) is 11.4 Å². The monoisotopic (exact) mass is 258 g/mol. The predicted molar refractivity (Wildman–Crippen MR) is 78.3 cm³/mol. The van der Waals surface area contributed by atoms with Crippen molar-refractivity contribution in [1.29, 1.82) is 0 Å². The lowest BCUT2D eigenvalue weighted by Gasteiger charge is -2.19. The lowest BCUT2D eigenvalue weighted by atomic mass is 9.92. The highest BCUT2D eigenvalue weighted by Gasteiger charge is 2.16. The summed E-state index contributed by atoms with van der Waals surface area (Å²) < 4.78 is 0.636. The SMILES string of the molecule is Cc1ccccc1-c1nc(=S)cc(C(C)(C)C)[nH]1. The number of hydrogen-bond acceptors (Lipinski definition) is 2. The maximum Gasteiger partial charge on any atom is 0.139 e. The molecule has 0 radical (unpaired) electrons. The van der Waals surface area contributed by atoms with Gasteiger partial charge in [-0.15, -0.1) is 0 Å². The van der Waals surface area contributed by atoms with E-state index in [1.165, 1.54) is 5.56 Å². The van der Waals surface area contributed by atoms with Gasteiger partial charge in [-0.25, -0.2) is 4.98 Å².